The molecule has 1 aromatic heterocycles. The number of aliphatic imine (C=N–C) groups is 1. The molecule has 146 valence electrons. The topological polar surface area (TPSA) is 101 Å². The second-order valence-corrected chi connectivity index (χ2v) is 6.98. The van der Waals surface area contributed by atoms with Gasteiger partial charge in [0.1, 0.15) is 5.69 Å². The van der Waals surface area contributed by atoms with E-state index < -0.39 is 5.54 Å². The van der Waals surface area contributed by atoms with Crippen molar-refractivity contribution in [3.8, 4) is 0 Å². The quantitative estimate of drug-likeness (QED) is 0.806. The summed E-state index contributed by atoms with van der Waals surface area (Å²) < 4.78 is 0. The Bertz CT molecular complexity index is 897. The van der Waals surface area contributed by atoms with Gasteiger partial charge < -0.3 is 11.1 Å². The van der Waals surface area contributed by atoms with E-state index in [-0.39, 0.29) is 24.2 Å². The zero-order valence-electron chi connectivity index (χ0n) is 16.2. The lowest BCUT2D eigenvalue weighted by atomic mass is 9.81. The number of amides is 2. The van der Waals surface area contributed by atoms with Gasteiger partial charge in [0, 0.05) is 18.9 Å². The van der Waals surface area contributed by atoms with Crippen molar-refractivity contribution >= 4 is 23.5 Å². The fourth-order valence-electron chi connectivity index (χ4n) is 3.33. The SMILES string of the molecule is CCCC[C@@]1(c2cccc(NC(=O)c3ccccn3)c2)CC(=O)N(C)C(N)=N1. The van der Waals surface area contributed by atoms with Crippen LogP contribution in [0.2, 0.25) is 0 Å². The molecule has 3 rings (SSSR count). The second kappa shape index (κ2) is 8.21. The van der Waals surface area contributed by atoms with Crippen LogP contribution in [0.3, 0.4) is 0 Å². The third-order valence-electron chi connectivity index (χ3n) is 4.99. The van der Waals surface area contributed by atoms with Gasteiger partial charge in [0.05, 0.1) is 12.0 Å². The van der Waals surface area contributed by atoms with Crippen LogP contribution in [0.1, 0.15) is 48.7 Å². The number of hydrogen-bond donors (Lipinski definition) is 2. The Labute approximate surface area is 164 Å². The first kappa shape index (κ1) is 19.5. The lowest BCUT2D eigenvalue weighted by Gasteiger charge is -2.37. The largest absolute Gasteiger partial charge is 0.369 e. The highest BCUT2D eigenvalue weighted by atomic mass is 16.2. The minimum absolute atomic E-state index is 0.0634. The molecule has 1 aliphatic rings. The maximum absolute atomic E-state index is 12.5. The Hall–Kier alpha value is -3.22. The molecular weight excluding hydrogens is 354 g/mol. The number of nitrogens with two attached hydrogens (primary N) is 1. The van der Waals surface area contributed by atoms with Gasteiger partial charge in [-0.3, -0.25) is 19.5 Å². The van der Waals surface area contributed by atoms with Crippen molar-refractivity contribution in [2.24, 2.45) is 10.7 Å². The number of guanidine groups is 1. The summed E-state index contributed by atoms with van der Waals surface area (Å²) >= 11 is 0. The normalized spacial score (nSPS) is 19.3. The summed E-state index contributed by atoms with van der Waals surface area (Å²) in [7, 11) is 1.63. The van der Waals surface area contributed by atoms with Gasteiger partial charge in [-0.15, -0.1) is 0 Å². The molecule has 0 spiro atoms. The average Bonchev–Trinajstić information content (AvgIpc) is 2.71. The molecule has 0 radical (unpaired) electrons. The standard InChI is InChI=1S/C21H25N5O2/c1-3-4-11-21(14-18(27)26(2)20(22)25-21)15-8-7-9-16(13-15)24-19(28)17-10-5-6-12-23-17/h5-10,12-13H,3-4,11,14H2,1-2H3,(H2,22,25)(H,24,28)/t21-/m0/s1. The molecule has 2 amide bonds. The lowest BCUT2D eigenvalue weighted by Crippen LogP contribution is -2.48. The Morgan fingerprint density at radius 1 is 1.29 bits per heavy atom. The van der Waals surface area contributed by atoms with Crippen molar-refractivity contribution in [1.29, 1.82) is 0 Å². The minimum atomic E-state index is -0.713. The molecule has 0 saturated carbocycles. The first-order chi connectivity index (χ1) is 13.4. The molecule has 1 aromatic carbocycles. The first-order valence-electron chi connectivity index (χ1n) is 9.40. The van der Waals surface area contributed by atoms with E-state index in [1.165, 1.54) is 4.90 Å². The molecular formula is C21H25N5O2. The maximum Gasteiger partial charge on any atom is 0.274 e. The summed E-state index contributed by atoms with van der Waals surface area (Å²) in [5.41, 5.74) is 7.14. The van der Waals surface area contributed by atoms with Gasteiger partial charge in [-0.25, -0.2) is 4.99 Å². The van der Waals surface area contributed by atoms with E-state index in [4.69, 9.17) is 10.7 Å². The molecule has 2 aromatic rings. The molecule has 1 aliphatic heterocycles. The van der Waals surface area contributed by atoms with Crippen molar-refractivity contribution < 1.29 is 9.59 Å². The second-order valence-electron chi connectivity index (χ2n) is 6.98. The zero-order valence-corrected chi connectivity index (χ0v) is 16.2. The molecule has 3 N–H and O–H groups in total. The number of benzene rings is 1. The molecule has 28 heavy (non-hydrogen) atoms. The molecule has 1 atom stereocenters. The van der Waals surface area contributed by atoms with Gasteiger partial charge in [-0.05, 0) is 36.2 Å². The van der Waals surface area contributed by atoms with E-state index >= 15 is 0 Å². The molecule has 0 aliphatic carbocycles. The van der Waals surface area contributed by atoms with E-state index in [0.29, 0.717) is 17.8 Å². The van der Waals surface area contributed by atoms with Crippen LogP contribution < -0.4 is 11.1 Å². The van der Waals surface area contributed by atoms with E-state index in [1.807, 2.05) is 24.3 Å². The number of pyridine rings is 1. The van der Waals surface area contributed by atoms with E-state index in [2.05, 4.69) is 17.2 Å². The van der Waals surface area contributed by atoms with Crippen molar-refractivity contribution in [1.82, 2.24) is 9.88 Å². The molecule has 7 nitrogen and oxygen atoms in total. The monoisotopic (exact) mass is 379 g/mol. The van der Waals surface area contributed by atoms with Crippen molar-refractivity contribution in [2.45, 2.75) is 38.1 Å². The number of hydrogen-bond acceptors (Lipinski definition) is 5. The lowest BCUT2D eigenvalue weighted by molar-refractivity contribution is -0.128. The Morgan fingerprint density at radius 2 is 2.11 bits per heavy atom. The highest BCUT2D eigenvalue weighted by Gasteiger charge is 2.39. The fourth-order valence-corrected chi connectivity index (χ4v) is 3.33. The summed E-state index contributed by atoms with van der Waals surface area (Å²) in [5, 5.41) is 2.87. The van der Waals surface area contributed by atoms with Crippen LogP contribution in [0.15, 0.2) is 53.7 Å². The number of rotatable bonds is 6. The maximum atomic E-state index is 12.5. The molecule has 0 unspecified atom stereocenters. The summed E-state index contributed by atoms with van der Waals surface area (Å²) in [4.78, 5) is 35.1. The Kier molecular flexibility index (Phi) is 5.73. The van der Waals surface area contributed by atoms with Crippen LogP contribution in [0.25, 0.3) is 0 Å². The summed E-state index contributed by atoms with van der Waals surface area (Å²) in [6, 6.07) is 12.6. The first-order valence-corrected chi connectivity index (χ1v) is 9.40. The minimum Gasteiger partial charge on any atom is -0.369 e. The number of carbonyl (C=O) groups excluding carboxylic acids is 2. The third kappa shape index (κ3) is 4.03. The van der Waals surface area contributed by atoms with Crippen LogP contribution in [0, 0.1) is 0 Å². The van der Waals surface area contributed by atoms with Crippen molar-refractivity contribution in [3.05, 3.63) is 59.9 Å². The zero-order chi connectivity index (χ0) is 20.1. The average molecular weight is 379 g/mol. The highest BCUT2D eigenvalue weighted by molar-refractivity contribution is 6.03. The van der Waals surface area contributed by atoms with Gasteiger partial charge in [-0.1, -0.05) is 38.0 Å². The van der Waals surface area contributed by atoms with Crippen molar-refractivity contribution in [3.63, 3.8) is 0 Å². The van der Waals surface area contributed by atoms with Gasteiger partial charge in [-0.2, -0.15) is 0 Å². The van der Waals surface area contributed by atoms with Crippen LogP contribution in [0.4, 0.5) is 5.69 Å². The molecule has 0 fully saturated rings. The van der Waals surface area contributed by atoms with E-state index in [1.54, 1.807) is 31.4 Å². The van der Waals surface area contributed by atoms with E-state index in [9.17, 15) is 9.59 Å². The van der Waals surface area contributed by atoms with Crippen LogP contribution in [-0.4, -0.2) is 34.7 Å². The highest BCUT2D eigenvalue weighted by Crippen LogP contribution is 2.39. The van der Waals surface area contributed by atoms with Crippen LogP contribution in [0.5, 0.6) is 0 Å². The number of nitrogens with zero attached hydrogens (tertiary/aromatic N) is 3. The summed E-state index contributed by atoms with van der Waals surface area (Å²) in [6.45, 7) is 2.10. The number of anilines is 1. The third-order valence-corrected chi connectivity index (χ3v) is 4.99. The number of unbranched alkanes of at least 4 members (excludes halogenated alkanes) is 1. The predicted molar refractivity (Wildman–Crippen MR) is 109 cm³/mol. The van der Waals surface area contributed by atoms with E-state index in [0.717, 1.165) is 18.4 Å². The summed E-state index contributed by atoms with van der Waals surface area (Å²) in [6.07, 6.45) is 4.44. The van der Waals surface area contributed by atoms with Crippen molar-refractivity contribution in [2.75, 3.05) is 12.4 Å². The van der Waals surface area contributed by atoms with Crippen LogP contribution >= 0.6 is 0 Å². The molecule has 0 bridgehead atoms. The number of carbonyl (C=O) groups is 2. The summed E-state index contributed by atoms with van der Waals surface area (Å²) in [5.74, 6) is -0.135. The predicted octanol–water partition coefficient (Wildman–Crippen LogP) is 2.90. The number of nitrogens with one attached hydrogen (secondary N) is 1. The fraction of sp³-hybridized carbons (Fsp3) is 0.333. The van der Waals surface area contributed by atoms with Gasteiger partial charge >= 0.3 is 0 Å². The molecule has 7 heteroatoms. The number of aromatic nitrogens is 1. The Morgan fingerprint density at radius 3 is 2.79 bits per heavy atom. The van der Waals surface area contributed by atoms with Gasteiger partial charge in [0.25, 0.3) is 5.91 Å². The molecule has 0 saturated heterocycles. The van der Waals surface area contributed by atoms with Gasteiger partial charge in [0.2, 0.25) is 5.91 Å². The smallest absolute Gasteiger partial charge is 0.274 e. The Balaban J connectivity index is 1.93. The van der Waals surface area contributed by atoms with Crippen LogP contribution in [-0.2, 0) is 10.3 Å². The molecule has 2 heterocycles. The van der Waals surface area contributed by atoms with Gasteiger partial charge in [0.15, 0.2) is 5.96 Å².